The maximum absolute atomic E-state index is 13.1. The lowest BCUT2D eigenvalue weighted by atomic mass is 10.3. The van der Waals surface area contributed by atoms with Gasteiger partial charge in [0.1, 0.15) is 5.75 Å². The van der Waals surface area contributed by atoms with Crippen LogP contribution in [0.2, 0.25) is 0 Å². The summed E-state index contributed by atoms with van der Waals surface area (Å²) in [5.41, 5.74) is 0.894. The lowest BCUT2D eigenvalue weighted by Crippen LogP contribution is -2.38. The van der Waals surface area contributed by atoms with Gasteiger partial charge in [0.05, 0.1) is 21.7 Å². The van der Waals surface area contributed by atoms with Crippen molar-refractivity contribution in [3.63, 3.8) is 0 Å². The molecule has 1 amide bonds. The van der Waals surface area contributed by atoms with Crippen molar-refractivity contribution in [1.82, 2.24) is 9.88 Å². The van der Waals surface area contributed by atoms with Crippen LogP contribution in [0.5, 0.6) is 5.75 Å². The van der Waals surface area contributed by atoms with E-state index >= 15 is 0 Å². The van der Waals surface area contributed by atoms with Crippen molar-refractivity contribution < 1.29 is 9.53 Å². The number of nitrogens with zero attached hydrogens (tertiary/aromatic N) is 3. The van der Waals surface area contributed by atoms with E-state index in [0.29, 0.717) is 13.2 Å². The van der Waals surface area contributed by atoms with E-state index in [1.165, 1.54) is 22.7 Å². The Balaban J connectivity index is 0.00000280. The lowest BCUT2D eigenvalue weighted by Gasteiger charge is -2.24. The quantitative estimate of drug-likeness (QED) is 0.461. The second kappa shape index (κ2) is 10.8. The molecule has 0 saturated carbocycles. The van der Waals surface area contributed by atoms with Crippen LogP contribution in [-0.2, 0) is 0 Å². The first-order chi connectivity index (χ1) is 13.2. The highest BCUT2D eigenvalue weighted by atomic mass is 35.5. The minimum atomic E-state index is 0. The molecule has 0 N–H and O–H groups in total. The van der Waals surface area contributed by atoms with Gasteiger partial charge in [0, 0.05) is 13.1 Å². The summed E-state index contributed by atoms with van der Waals surface area (Å²) >= 11 is 3.01. The van der Waals surface area contributed by atoms with Crippen LogP contribution in [0.4, 0.5) is 5.13 Å². The number of hydrogen-bond donors (Lipinski definition) is 0. The third-order valence-electron chi connectivity index (χ3n) is 4.40. The molecule has 28 heavy (non-hydrogen) atoms. The number of rotatable bonds is 9. The first-order valence-electron chi connectivity index (χ1n) is 9.27. The van der Waals surface area contributed by atoms with Crippen LogP contribution in [0.15, 0.2) is 35.7 Å². The van der Waals surface area contributed by atoms with Gasteiger partial charge in [-0.25, -0.2) is 4.98 Å². The highest BCUT2D eigenvalue weighted by molar-refractivity contribution is 7.22. The van der Waals surface area contributed by atoms with Crippen LogP contribution >= 0.6 is 35.1 Å². The van der Waals surface area contributed by atoms with Crippen LogP contribution in [0.1, 0.15) is 30.4 Å². The monoisotopic (exact) mass is 439 g/mol. The fourth-order valence-electron chi connectivity index (χ4n) is 2.86. The third-order valence-corrected chi connectivity index (χ3v) is 6.30. The standard InChI is InChI=1S/C20H25N3O2S2.ClH/c1-4-22(5-2)11-12-23(19(24)17-8-7-13-26-17)20-21-16-10-9-15(25-6-3)14-18(16)27-20;/h7-10,13-14H,4-6,11-12H2,1-3H3;1H. The molecule has 2 heterocycles. The van der Waals surface area contributed by atoms with Crippen LogP contribution in [0.3, 0.4) is 0 Å². The summed E-state index contributed by atoms with van der Waals surface area (Å²) in [6.45, 7) is 10.3. The second-order valence-corrected chi connectivity index (χ2v) is 7.98. The Labute approximate surface area is 180 Å². The van der Waals surface area contributed by atoms with Crippen molar-refractivity contribution in [2.45, 2.75) is 20.8 Å². The molecule has 3 rings (SSSR count). The largest absolute Gasteiger partial charge is 0.494 e. The van der Waals surface area contributed by atoms with Crippen molar-refractivity contribution >= 4 is 56.3 Å². The summed E-state index contributed by atoms with van der Waals surface area (Å²) in [6, 6.07) is 9.67. The third kappa shape index (κ3) is 5.23. The Morgan fingerprint density at radius 3 is 2.57 bits per heavy atom. The fraction of sp³-hybridized carbons (Fsp3) is 0.400. The number of carbonyl (C=O) groups is 1. The first kappa shape index (κ1) is 22.6. The minimum Gasteiger partial charge on any atom is -0.494 e. The number of anilines is 1. The Morgan fingerprint density at radius 2 is 1.93 bits per heavy atom. The summed E-state index contributed by atoms with van der Waals surface area (Å²) in [7, 11) is 0. The molecule has 0 bridgehead atoms. The number of thiazole rings is 1. The topological polar surface area (TPSA) is 45.7 Å². The molecule has 0 aliphatic carbocycles. The number of ether oxygens (including phenoxy) is 1. The van der Waals surface area contributed by atoms with E-state index in [4.69, 9.17) is 9.72 Å². The number of benzene rings is 1. The zero-order chi connectivity index (χ0) is 19.2. The van der Waals surface area contributed by atoms with Crippen molar-refractivity contribution in [3.05, 3.63) is 40.6 Å². The molecule has 5 nitrogen and oxygen atoms in total. The van der Waals surface area contributed by atoms with Gasteiger partial charge in [-0.1, -0.05) is 31.3 Å². The van der Waals surface area contributed by atoms with Gasteiger partial charge in [0.25, 0.3) is 5.91 Å². The van der Waals surface area contributed by atoms with Gasteiger partial charge in [-0.15, -0.1) is 23.7 Å². The van der Waals surface area contributed by atoms with Gasteiger partial charge < -0.3 is 9.64 Å². The Bertz CT molecular complexity index is 879. The van der Waals surface area contributed by atoms with Crippen molar-refractivity contribution in [2.24, 2.45) is 0 Å². The zero-order valence-corrected chi connectivity index (χ0v) is 18.8. The average molecular weight is 440 g/mol. The van der Waals surface area contributed by atoms with E-state index in [1.807, 2.05) is 47.5 Å². The van der Waals surface area contributed by atoms with E-state index in [9.17, 15) is 4.79 Å². The lowest BCUT2D eigenvalue weighted by molar-refractivity contribution is 0.0987. The number of amides is 1. The molecule has 0 atom stereocenters. The Kier molecular flexibility index (Phi) is 8.69. The summed E-state index contributed by atoms with van der Waals surface area (Å²) in [4.78, 5) is 22.7. The van der Waals surface area contributed by atoms with Crippen molar-refractivity contribution in [2.75, 3.05) is 37.7 Å². The van der Waals surface area contributed by atoms with Crippen LogP contribution < -0.4 is 9.64 Å². The highest BCUT2D eigenvalue weighted by Crippen LogP contribution is 2.32. The van der Waals surface area contributed by atoms with Crippen molar-refractivity contribution in [1.29, 1.82) is 0 Å². The molecule has 1 aromatic carbocycles. The zero-order valence-electron chi connectivity index (χ0n) is 16.4. The molecule has 0 aliphatic heterocycles. The molecule has 8 heteroatoms. The maximum Gasteiger partial charge on any atom is 0.270 e. The van der Waals surface area contributed by atoms with E-state index in [1.54, 1.807) is 0 Å². The van der Waals surface area contributed by atoms with Gasteiger partial charge in [-0.3, -0.25) is 9.69 Å². The number of carbonyl (C=O) groups excluding carboxylic acids is 1. The van der Waals surface area contributed by atoms with Gasteiger partial charge >= 0.3 is 0 Å². The number of aromatic nitrogens is 1. The normalized spacial score (nSPS) is 10.9. The predicted octanol–water partition coefficient (Wildman–Crippen LogP) is 5.17. The second-order valence-electron chi connectivity index (χ2n) is 6.02. The van der Waals surface area contributed by atoms with Crippen LogP contribution in [0.25, 0.3) is 10.2 Å². The molecule has 2 aromatic heterocycles. The molecular weight excluding hydrogens is 414 g/mol. The predicted molar refractivity (Wildman–Crippen MR) is 122 cm³/mol. The van der Waals surface area contributed by atoms with E-state index in [0.717, 1.165) is 45.6 Å². The Hall–Kier alpha value is -1.67. The molecule has 0 radical (unpaired) electrons. The van der Waals surface area contributed by atoms with Gasteiger partial charge in [0.15, 0.2) is 5.13 Å². The van der Waals surface area contributed by atoms with Gasteiger partial charge in [-0.05, 0) is 49.7 Å². The molecule has 3 aromatic rings. The molecule has 0 saturated heterocycles. The van der Waals surface area contributed by atoms with Crippen LogP contribution in [-0.4, -0.2) is 48.6 Å². The van der Waals surface area contributed by atoms with E-state index in [-0.39, 0.29) is 18.3 Å². The number of likely N-dealkylation sites (N-methyl/N-ethyl adjacent to an activating group) is 1. The molecule has 152 valence electrons. The molecule has 0 spiro atoms. The molecular formula is C20H26ClN3O2S2. The minimum absolute atomic E-state index is 0. The van der Waals surface area contributed by atoms with Gasteiger partial charge in [0.2, 0.25) is 0 Å². The summed E-state index contributed by atoms with van der Waals surface area (Å²) < 4.78 is 6.62. The number of halogens is 1. The molecule has 0 unspecified atom stereocenters. The maximum atomic E-state index is 13.1. The molecule has 0 fully saturated rings. The van der Waals surface area contributed by atoms with Crippen LogP contribution in [0, 0.1) is 0 Å². The molecule has 0 aliphatic rings. The van der Waals surface area contributed by atoms with Gasteiger partial charge in [-0.2, -0.15) is 0 Å². The average Bonchev–Trinajstić information content (AvgIpc) is 3.34. The van der Waals surface area contributed by atoms with E-state index in [2.05, 4.69) is 18.7 Å². The first-order valence-corrected chi connectivity index (χ1v) is 11.0. The van der Waals surface area contributed by atoms with Crippen molar-refractivity contribution in [3.8, 4) is 5.75 Å². The number of fused-ring (bicyclic) bond motifs is 1. The number of thiophene rings is 1. The highest BCUT2D eigenvalue weighted by Gasteiger charge is 2.22. The number of hydrogen-bond acceptors (Lipinski definition) is 6. The smallest absolute Gasteiger partial charge is 0.270 e. The SMILES string of the molecule is CCOc1ccc2nc(N(CCN(CC)CC)C(=O)c3cccs3)sc2c1.Cl. The summed E-state index contributed by atoms with van der Waals surface area (Å²) in [5.74, 6) is 0.848. The Morgan fingerprint density at radius 1 is 1.14 bits per heavy atom. The summed E-state index contributed by atoms with van der Waals surface area (Å²) in [6.07, 6.45) is 0. The fourth-order valence-corrected chi connectivity index (χ4v) is 4.55. The van der Waals surface area contributed by atoms with E-state index < -0.39 is 0 Å². The summed E-state index contributed by atoms with van der Waals surface area (Å²) in [5, 5.41) is 2.67.